The minimum atomic E-state index is -2.17. The van der Waals surface area contributed by atoms with Crippen LogP contribution in [-0.2, 0) is 25.8 Å². The minimum Gasteiger partial charge on any atom is -0.490 e. The summed E-state index contributed by atoms with van der Waals surface area (Å²) in [5.41, 5.74) is 2.98. The van der Waals surface area contributed by atoms with E-state index in [9.17, 15) is 14.9 Å². The van der Waals surface area contributed by atoms with Gasteiger partial charge < -0.3 is 24.1 Å². The van der Waals surface area contributed by atoms with Crippen LogP contribution in [0, 0.1) is 17.2 Å². The van der Waals surface area contributed by atoms with Gasteiger partial charge in [-0.2, -0.15) is 5.26 Å². The number of aromatic nitrogens is 2. The summed E-state index contributed by atoms with van der Waals surface area (Å²) in [5, 5.41) is 14.2. The fraction of sp³-hybridized carbons (Fsp3) is 0.500. The molecule has 3 aromatic rings. The molecule has 51 heavy (non-hydrogen) atoms. The molecule has 2 aliphatic heterocycles. The number of benzene rings is 2. The maximum Gasteiger partial charge on any atom is 0.414 e. The number of fused-ring (bicyclic) bond motifs is 2. The number of hydrogen-bond acceptors (Lipinski definition) is 9. The number of amides is 2. The summed E-state index contributed by atoms with van der Waals surface area (Å²) in [6, 6.07) is 11.4. The lowest BCUT2D eigenvalue weighted by Crippen LogP contribution is -2.46. The maximum atomic E-state index is 13.6. The van der Waals surface area contributed by atoms with Gasteiger partial charge in [0.1, 0.15) is 24.0 Å². The molecule has 11 nitrogen and oxygen atoms in total. The van der Waals surface area contributed by atoms with Crippen molar-refractivity contribution in [3.63, 3.8) is 0 Å². The van der Waals surface area contributed by atoms with Gasteiger partial charge in [0.05, 0.1) is 28.6 Å². The molecule has 1 aromatic heterocycles. The Hall–Kier alpha value is -4.18. The van der Waals surface area contributed by atoms with Crippen molar-refractivity contribution < 1.29 is 23.5 Å². The van der Waals surface area contributed by atoms with Crippen LogP contribution in [0.25, 0.3) is 11.3 Å². The number of hydrogen-bond donors (Lipinski definition) is 1. The summed E-state index contributed by atoms with van der Waals surface area (Å²) < 4.78 is 18.7. The first-order valence-corrected chi connectivity index (χ1v) is 20.4. The molecule has 0 fully saturated rings. The highest BCUT2D eigenvalue weighted by Gasteiger charge is 2.47. The Morgan fingerprint density at radius 3 is 2.51 bits per heavy atom. The molecule has 0 saturated carbocycles. The van der Waals surface area contributed by atoms with Crippen LogP contribution in [0.4, 0.5) is 22.1 Å². The van der Waals surface area contributed by atoms with Gasteiger partial charge in [-0.15, -0.1) is 0 Å². The van der Waals surface area contributed by atoms with Crippen LogP contribution in [0.1, 0.15) is 65.2 Å². The molecule has 2 aromatic carbocycles. The highest BCUT2D eigenvalue weighted by atomic mass is 35.5. The van der Waals surface area contributed by atoms with Gasteiger partial charge in [0.25, 0.3) is 0 Å². The van der Waals surface area contributed by atoms with Gasteiger partial charge in [0, 0.05) is 49.4 Å². The van der Waals surface area contributed by atoms with Gasteiger partial charge in [-0.3, -0.25) is 9.69 Å². The van der Waals surface area contributed by atoms with E-state index < -0.39 is 25.4 Å². The van der Waals surface area contributed by atoms with Crippen LogP contribution in [0.5, 0.6) is 5.75 Å². The standard InChI is InChI=1S/C38H49ClN6O5Si/c1-36(2,3)50-35(47)45-21-38(7,22-49-51(10,11)37(4,5)6)28-17-23(14-25(19-40)31(28)45)29-12-13-41-34(42-29)43-30-18-27(39)16-24-15-26(20-48-32(24)30)33(46)44(8)9/h12-14,16-18,26H,15,20-22H2,1-11H3,(H,41,42,43)/t26?,38-/m1/s1. The maximum absolute atomic E-state index is 13.6. The van der Waals surface area contributed by atoms with Crippen LogP contribution in [0.2, 0.25) is 23.2 Å². The average molecular weight is 733 g/mol. The van der Waals surface area contributed by atoms with E-state index in [1.807, 2.05) is 32.9 Å². The zero-order valence-electron chi connectivity index (χ0n) is 31.5. The van der Waals surface area contributed by atoms with Crippen LogP contribution in [-0.4, -0.2) is 74.6 Å². The fourth-order valence-corrected chi connectivity index (χ4v) is 7.43. The summed E-state index contributed by atoms with van der Waals surface area (Å²) in [6.45, 7) is 19.4. The third-order valence-electron chi connectivity index (χ3n) is 9.84. The molecular formula is C38H49ClN6O5Si. The van der Waals surface area contributed by atoms with E-state index >= 15 is 0 Å². The van der Waals surface area contributed by atoms with Gasteiger partial charge >= 0.3 is 6.09 Å². The minimum absolute atomic E-state index is 0.00544. The molecule has 2 atom stereocenters. The highest BCUT2D eigenvalue weighted by molar-refractivity contribution is 6.74. The monoisotopic (exact) mass is 732 g/mol. The SMILES string of the molecule is CN(C)C(=O)C1COc2c(cc(Cl)cc2Nc2nccc(-c3cc(C#N)c4c(c3)[C@@](C)(CO[Si](C)(C)C(C)(C)C)CN4C(=O)OC(C)(C)C)n2)C1. The van der Waals surface area contributed by atoms with Crippen molar-refractivity contribution in [3.8, 4) is 23.1 Å². The van der Waals surface area contributed by atoms with E-state index in [0.29, 0.717) is 64.5 Å². The highest BCUT2D eigenvalue weighted by Crippen LogP contribution is 2.47. The molecule has 1 unspecified atom stereocenters. The number of rotatable bonds is 7. The molecular weight excluding hydrogens is 684 g/mol. The lowest BCUT2D eigenvalue weighted by Gasteiger charge is -2.39. The number of nitrogens with one attached hydrogen (secondary N) is 1. The molecule has 0 aliphatic carbocycles. The number of anilines is 3. The van der Waals surface area contributed by atoms with Gasteiger partial charge in [-0.1, -0.05) is 39.3 Å². The zero-order valence-corrected chi connectivity index (χ0v) is 33.3. The van der Waals surface area contributed by atoms with Crippen molar-refractivity contribution in [1.82, 2.24) is 14.9 Å². The predicted molar refractivity (Wildman–Crippen MR) is 202 cm³/mol. The normalized spacial score (nSPS) is 18.6. The second kappa shape index (κ2) is 13.7. The molecule has 0 saturated heterocycles. The molecule has 3 heterocycles. The van der Waals surface area contributed by atoms with Crippen molar-refractivity contribution in [2.75, 3.05) is 44.1 Å². The predicted octanol–water partition coefficient (Wildman–Crippen LogP) is 8.09. The van der Waals surface area contributed by atoms with Crippen LogP contribution in [0.3, 0.4) is 0 Å². The summed E-state index contributed by atoms with van der Waals surface area (Å²) in [6.07, 6.45) is 1.62. The van der Waals surface area contributed by atoms with E-state index in [4.69, 9.17) is 30.5 Å². The number of nitrogens with zero attached hydrogens (tertiary/aromatic N) is 5. The van der Waals surface area contributed by atoms with E-state index in [-0.39, 0.29) is 23.5 Å². The molecule has 2 amide bonds. The first kappa shape index (κ1) is 38.1. The first-order chi connectivity index (χ1) is 23.6. The number of nitriles is 1. The van der Waals surface area contributed by atoms with Crippen molar-refractivity contribution in [1.29, 1.82) is 5.26 Å². The Labute approximate surface area is 307 Å². The van der Waals surface area contributed by atoms with E-state index in [2.05, 4.69) is 57.2 Å². The number of ether oxygens (including phenoxy) is 2. The summed E-state index contributed by atoms with van der Waals surface area (Å²) in [7, 11) is 1.29. The smallest absolute Gasteiger partial charge is 0.414 e. The van der Waals surface area contributed by atoms with Gasteiger partial charge in [-0.25, -0.2) is 14.8 Å². The zero-order chi connectivity index (χ0) is 37.7. The largest absolute Gasteiger partial charge is 0.490 e. The van der Waals surface area contributed by atoms with Gasteiger partial charge in [0.15, 0.2) is 8.32 Å². The van der Waals surface area contributed by atoms with Crippen LogP contribution in [0.15, 0.2) is 36.5 Å². The van der Waals surface area contributed by atoms with E-state index in [1.165, 1.54) is 0 Å². The number of carbonyl (C=O) groups is 2. The van der Waals surface area contributed by atoms with Crippen molar-refractivity contribution in [2.24, 2.45) is 5.92 Å². The molecule has 0 radical (unpaired) electrons. The van der Waals surface area contributed by atoms with Crippen molar-refractivity contribution in [2.45, 2.75) is 84.0 Å². The Kier molecular flexibility index (Phi) is 10.3. The lowest BCUT2D eigenvalue weighted by atomic mass is 9.83. The van der Waals surface area contributed by atoms with Gasteiger partial charge in [0.2, 0.25) is 11.9 Å². The Balaban J connectivity index is 1.53. The molecule has 13 heteroatoms. The third kappa shape index (κ3) is 8.01. The first-order valence-electron chi connectivity index (χ1n) is 17.1. The third-order valence-corrected chi connectivity index (χ3v) is 14.5. The second-order valence-corrected chi connectivity index (χ2v) is 21.7. The number of carbonyl (C=O) groups excluding carboxylic acids is 2. The molecule has 0 bridgehead atoms. The van der Waals surface area contributed by atoms with E-state index in [0.717, 1.165) is 11.1 Å². The topological polar surface area (TPSA) is 130 Å². The van der Waals surface area contributed by atoms with Gasteiger partial charge in [-0.05, 0) is 86.8 Å². The van der Waals surface area contributed by atoms with Crippen molar-refractivity contribution in [3.05, 3.63) is 58.2 Å². The Bertz CT molecular complexity index is 1900. The second-order valence-electron chi connectivity index (χ2n) is 16.5. The summed E-state index contributed by atoms with van der Waals surface area (Å²) >= 11 is 6.52. The average Bonchev–Trinajstić information content (AvgIpc) is 3.34. The Morgan fingerprint density at radius 2 is 1.88 bits per heavy atom. The molecule has 1 N–H and O–H groups in total. The van der Waals surface area contributed by atoms with Crippen LogP contribution >= 0.6 is 11.6 Å². The molecule has 0 spiro atoms. The van der Waals surface area contributed by atoms with E-state index in [1.54, 1.807) is 48.3 Å². The molecule has 272 valence electrons. The number of halogens is 1. The summed E-state index contributed by atoms with van der Waals surface area (Å²) in [4.78, 5) is 38.7. The molecule has 5 rings (SSSR count). The van der Waals surface area contributed by atoms with Crippen molar-refractivity contribution >= 4 is 49.2 Å². The fourth-order valence-electron chi connectivity index (χ4n) is 6.08. The molecule has 2 aliphatic rings. The lowest BCUT2D eigenvalue weighted by molar-refractivity contribution is -0.134. The Morgan fingerprint density at radius 1 is 1.18 bits per heavy atom. The quantitative estimate of drug-likeness (QED) is 0.240. The summed E-state index contributed by atoms with van der Waals surface area (Å²) in [5.74, 6) is 0.580. The van der Waals surface area contributed by atoms with Crippen LogP contribution < -0.4 is 15.0 Å².